The number of aldehydes is 1. The van der Waals surface area contributed by atoms with Crippen molar-refractivity contribution in [3.8, 4) is 17.2 Å². The number of carbonyl (C=O) groups is 1. The van der Waals surface area contributed by atoms with Gasteiger partial charge in [-0.05, 0) is 90.6 Å². The normalized spacial score (nSPS) is 15.4. The number of benzene rings is 5. The highest BCUT2D eigenvalue weighted by atomic mass is 31.2. The van der Waals surface area contributed by atoms with Gasteiger partial charge in [-0.2, -0.15) is 0 Å². The number of hydrogen-bond donors (Lipinski definition) is 0. The van der Waals surface area contributed by atoms with Crippen molar-refractivity contribution in [3.63, 3.8) is 0 Å². The summed E-state index contributed by atoms with van der Waals surface area (Å²) in [7, 11) is 0.215. The van der Waals surface area contributed by atoms with Gasteiger partial charge < -0.3 is 23.5 Å². The molecule has 0 radical (unpaired) electrons. The van der Waals surface area contributed by atoms with Gasteiger partial charge in [0.25, 0.3) is 0 Å². The Labute approximate surface area is 408 Å². The van der Waals surface area contributed by atoms with Crippen LogP contribution in [0.1, 0.15) is 147 Å². The average molecular weight is 939 g/mol. The van der Waals surface area contributed by atoms with E-state index in [0.717, 1.165) is 78.9 Å². The molecule has 5 aromatic carbocycles. The summed E-state index contributed by atoms with van der Waals surface area (Å²) in [5.74, 6) is 3.12. The minimum Gasteiger partial charge on any atom is -0.501 e. The standard InChI is InChI=1S/C61H77O6P/c1-41(58(2,3)4)30-43-31-46-37-51(61(11,12)13)39-48(57(46)67-40-68(63,52-22-18-16-19-23-52)53-24-20-17-21-25-53)33-45-36-50(60(8,9)10)35-44(55(45)65-15)32-47-38-49(59(5,6)7)34-42(26-27-54(43)64-14)56(47)66-29-28-62/h16-25,28,30,34-39H,26-27,29,31-33,40H2,1-15H3/b41-30+,54-43-/i14+1,15+1. The third-order valence-electron chi connectivity index (χ3n) is 13.5. The maximum absolute atomic E-state index is 15.7. The second-order valence-corrected chi connectivity index (χ2v) is 25.5. The first-order valence-electron chi connectivity index (χ1n) is 24.2. The van der Waals surface area contributed by atoms with Gasteiger partial charge >= 0.3 is 0 Å². The van der Waals surface area contributed by atoms with Crippen molar-refractivity contribution in [2.24, 2.45) is 5.41 Å². The SMILES string of the molecule is C/C(=C\C1=C(\O[13CH3])CCc2cc(C(C)(C)C)cc(c2OCC=O)Cc2cc(C(C)(C)C)cc(c2O[13CH3])Cc2cc(C(C)(C)C)cc(c2OCP(=O)(c2ccccc2)c2ccccc2)C1)C(C)(C)C. The van der Waals surface area contributed by atoms with Crippen molar-refractivity contribution in [2.45, 2.75) is 138 Å². The van der Waals surface area contributed by atoms with Gasteiger partial charge in [0.2, 0.25) is 0 Å². The Bertz CT molecular complexity index is 2650. The highest BCUT2D eigenvalue weighted by molar-refractivity contribution is 7.78. The fourth-order valence-electron chi connectivity index (χ4n) is 8.91. The Balaban J connectivity index is 1.74. The van der Waals surface area contributed by atoms with Crippen LogP contribution in [-0.4, -0.2) is 33.5 Å². The Morgan fingerprint density at radius 2 is 0.956 bits per heavy atom. The van der Waals surface area contributed by atoms with Crippen LogP contribution in [0.4, 0.5) is 0 Å². The van der Waals surface area contributed by atoms with Crippen molar-refractivity contribution >= 4 is 24.0 Å². The average Bonchev–Trinajstić information content (AvgIpc) is 3.27. The quantitative estimate of drug-likeness (QED) is 0.0746. The third kappa shape index (κ3) is 12.1. The van der Waals surface area contributed by atoms with E-state index in [0.29, 0.717) is 32.1 Å². The van der Waals surface area contributed by atoms with E-state index in [-0.39, 0.29) is 34.6 Å². The zero-order valence-corrected chi connectivity index (χ0v) is 44.6. The second kappa shape index (κ2) is 20.7. The highest BCUT2D eigenvalue weighted by Crippen LogP contribution is 2.47. The fourth-order valence-corrected chi connectivity index (χ4v) is 11.1. The molecule has 0 fully saturated rings. The lowest BCUT2D eigenvalue weighted by Crippen LogP contribution is -2.22. The Kier molecular flexibility index (Phi) is 15.9. The highest BCUT2D eigenvalue weighted by Gasteiger charge is 2.32. The van der Waals surface area contributed by atoms with E-state index in [4.69, 9.17) is 18.9 Å². The molecule has 0 saturated heterocycles. The molecule has 0 unspecified atom stereocenters. The maximum atomic E-state index is 15.7. The fraction of sp³-hybridized carbons (Fsp3) is 0.426. The number of allylic oxidation sites excluding steroid dienone is 4. The van der Waals surface area contributed by atoms with Crippen LogP contribution in [0, 0.1) is 5.41 Å². The molecular weight excluding hydrogens is 862 g/mol. The molecule has 0 aromatic heterocycles. The van der Waals surface area contributed by atoms with Gasteiger partial charge in [0, 0.05) is 36.3 Å². The van der Waals surface area contributed by atoms with Gasteiger partial charge in [-0.1, -0.05) is 192 Å². The van der Waals surface area contributed by atoms with E-state index in [1.807, 2.05) is 60.7 Å². The summed E-state index contributed by atoms with van der Waals surface area (Å²) in [5, 5.41) is 1.50. The minimum atomic E-state index is -3.31. The molecule has 362 valence electrons. The summed E-state index contributed by atoms with van der Waals surface area (Å²) in [4.78, 5) is 12.0. The first-order chi connectivity index (χ1) is 31.9. The molecule has 7 heteroatoms. The number of hydrogen-bond acceptors (Lipinski definition) is 6. The largest absolute Gasteiger partial charge is 0.501 e. The Morgan fingerprint density at radius 1 is 0.544 bits per heavy atom. The number of aryl methyl sites for hydroxylation is 1. The van der Waals surface area contributed by atoms with Gasteiger partial charge in [0.05, 0.1) is 20.0 Å². The molecule has 1 aliphatic carbocycles. The topological polar surface area (TPSA) is 71.1 Å². The smallest absolute Gasteiger partial charge is 0.178 e. The molecule has 5 aromatic rings. The first kappa shape index (κ1) is 52.1. The predicted molar refractivity (Wildman–Crippen MR) is 284 cm³/mol. The van der Waals surface area contributed by atoms with Crippen LogP contribution in [-0.2, 0) is 56.0 Å². The summed E-state index contributed by atoms with van der Waals surface area (Å²) in [5.41, 5.74) is 11.2. The summed E-state index contributed by atoms with van der Waals surface area (Å²) in [6, 6.07) is 33.2. The molecule has 0 amide bonds. The van der Waals surface area contributed by atoms with E-state index in [1.165, 1.54) is 22.3 Å². The molecule has 1 aliphatic rings. The zero-order valence-electron chi connectivity index (χ0n) is 43.7. The van der Waals surface area contributed by atoms with Gasteiger partial charge in [-0.15, -0.1) is 0 Å². The van der Waals surface area contributed by atoms with Crippen LogP contribution in [0.2, 0.25) is 0 Å². The maximum Gasteiger partial charge on any atom is 0.178 e. The second-order valence-electron chi connectivity index (χ2n) is 22.7. The number of rotatable bonds is 11. The molecule has 0 N–H and O–H groups in total. The van der Waals surface area contributed by atoms with Crippen molar-refractivity contribution in [3.05, 3.63) is 170 Å². The first-order valence-corrected chi connectivity index (χ1v) is 26.1. The van der Waals surface area contributed by atoms with E-state index in [1.54, 1.807) is 14.2 Å². The lowest BCUT2D eigenvalue weighted by Gasteiger charge is -2.29. The summed E-state index contributed by atoms with van der Waals surface area (Å²) in [6.07, 6.45) is 5.79. The van der Waals surface area contributed by atoms with Crippen molar-refractivity contribution in [1.29, 1.82) is 0 Å². The number of fused-ring (bicyclic) bond motifs is 6. The molecular formula is C61H77O6P. The molecule has 0 spiro atoms. The minimum absolute atomic E-state index is 0.0261. The van der Waals surface area contributed by atoms with E-state index in [9.17, 15) is 4.79 Å². The number of ether oxygens (including phenoxy) is 4. The molecule has 0 heterocycles. The van der Waals surface area contributed by atoms with Crippen molar-refractivity contribution in [2.75, 3.05) is 27.2 Å². The Hall–Kier alpha value is -5.32. The molecule has 6 rings (SSSR count). The monoisotopic (exact) mass is 939 g/mol. The van der Waals surface area contributed by atoms with Crippen molar-refractivity contribution < 1.29 is 28.3 Å². The molecule has 68 heavy (non-hydrogen) atoms. The summed E-state index contributed by atoms with van der Waals surface area (Å²) >= 11 is 0. The summed E-state index contributed by atoms with van der Waals surface area (Å²) in [6.45, 7) is 29.1. The predicted octanol–water partition coefficient (Wildman–Crippen LogP) is 14.1. The van der Waals surface area contributed by atoms with Crippen LogP contribution in [0.15, 0.2) is 120 Å². The van der Waals surface area contributed by atoms with E-state index < -0.39 is 7.14 Å². The van der Waals surface area contributed by atoms with Crippen LogP contribution in [0.3, 0.4) is 0 Å². The van der Waals surface area contributed by atoms with Gasteiger partial charge in [-0.3, -0.25) is 4.79 Å². The van der Waals surface area contributed by atoms with Gasteiger partial charge in [0.1, 0.15) is 30.2 Å². The van der Waals surface area contributed by atoms with E-state index in [2.05, 4.69) is 132 Å². The number of carbonyl (C=O) groups excluding carboxylic acids is 1. The molecule has 6 nitrogen and oxygen atoms in total. The molecule has 6 bridgehead atoms. The van der Waals surface area contributed by atoms with E-state index >= 15 is 4.57 Å². The van der Waals surface area contributed by atoms with Crippen LogP contribution in [0.5, 0.6) is 17.2 Å². The Morgan fingerprint density at radius 3 is 1.35 bits per heavy atom. The zero-order chi connectivity index (χ0) is 49.8. The molecule has 0 aliphatic heterocycles. The lowest BCUT2D eigenvalue weighted by atomic mass is 9.80. The van der Waals surface area contributed by atoms with Crippen molar-refractivity contribution in [1.82, 2.24) is 0 Å². The lowest BCUT2D eigenvalue weighted by molar-refractivity contribution is -0.109. The van der Waals surface area contributed by atoms with Crippen LogP contribution >= 0.6 is 7.14 Å². The number of methoxy groups -OCH3 is 2. The van der Waals surface area contributed by atoms with Crippen LogP contribution in [0.25, 0.3) is 0 Å². The molecule has 0 saturated carbocycles. The van der Waals surface area contributed by atoms with Gasteiger partial charge in [0.15, 0.2) is 13.4 Å². The van der Waals surface area contributed by atoms with Gasteiger partial charge in [-0.25, -0.2) is 0 Å². The molecule has 0 atom stereocenters. The summed E-state index contributed by atoms with van der Waals surface area (Å²) < 4.78 is 42.5. The van der Waals surface area contributed by atoms with Crippen LogP contribution < -0.4 is 24.8 Å². The third-order valence-corrected chi connectivity index (χ3v) is 16.3.